The van der Waals surface area contributed by atoms with Crippen molar-refractivity contribution in [1.82, 2.24) is 14.9 Å². The first kappa shape index (κ1) is 23.9. The highest BCUT2D eigenvalue weighted by molar-refractivity contribution is 6.30. The highest BCUT2D eigenvalue weighted by Gasteiger charge is 2.21. The number of nitrogens with one attached hydrogen (secondary N) is 2. The maximum atomic E-state index is 14.6. The summed E-state index contributed by atoms with van der Waals surface area (Å²) in [6.07, 6.45) is 3.48. The Morgan fingerprint density at radius 2 is 2.12 bits per heavy atom. The van der Waals surface area contributed by atoms with Crippen LogP contribution in [0.4, 0.5) is 15.9 Å². The number of benzene rings is 1. The lowest BCUT2D eigenvalue weighted by atomic mass is 10.0. The van der Waals surface area contributed by atoms with E-state index in [0.717, 1.165) is 0 Å². The number of aliphatic hydroxyl groups excluding tert-OH is 1. The fraction of sp³-hybridized carbons (Fsp3) is 0.292. The molecule has 1 aliphatic rings. The van der Waals surface area contributed by atoms with E-state index in [2.05, 4.69) is 20.6 Å². The molecule has 0 saturated carbocycles. The number of hydrogen-bond acceptors (Lipinski definition) is 7. The van der Waals surface area contributed by atoms with Crippen molar-refractivity contribution in [2.45, 2.75) is 6.42 Å². The van der Waals surface area contributed by atoms with Gasteiger partial charge in [0.1, 0.15) is 12.4 Å². The zero-order chi connectivity index (χ0) is 24.1. The number of likely N-dealkylation sites (N-methyl/N-ethyl adjacent to an activating group) is 1. The Hall–Kier alpha value is -3.27. The van der Waals surface area contributed by atoms with Gasteiger partial charge in [-0.2, -0.15) is 0 Å². The molecule has 1 aliphatic heterocycles. The van der Waals surface area contributed by atoms with Crippen molar-refractivity contribution in [3.8, 4) is 28.1 Å². The zero-order valence-corrected chi connectivity index (χ0v) is 19.4. The first-order chi connectivity index (χ1) is 16.4. The molecule has 0 spiro atoms. The van der Waals surface area contributed by atoms with Crippen LogP contribution in [0.2, 0.25) is 5.02 Å². The lowest BCUT2D eigenvalue weighted by molar-refractivity contribution is -0.116. The number of amides is 1. The highest BCUT2D eigenvalue weighted by Crippen LogP contribution is 2.41. The van der Waals surface area contributed by atoms with Crippen molar-refractivity contribution < 1.29 is 19.0 Å². The van der Waals surface area contributed by atoms with Gasteiger partial charge in [-0.15, -0.1) is 0 Å². The molecule has 0 saturated heterocycles. The van der Waals surface area contributed by atoms with E-state index in [9.17, 15) is 9.18 Å². The highest BCUT2D eigenvalue weighted by atomic mass is 35.5. The van der Waals surface area contributed by atoms with E-state index in [1.54, 1.807) is 24.5 Å². The van der Waals surface area contributed by atoms with Gasteiger partial charge in [0.05, 0.1) is 30.7 Å². The monoisotopic (exact) mass is 485 g/mol. The zero-order valence-electron chi connectivity index (χ0n) is 18.6. The summed E-state index contributed by atoms with van der Waals surface area (Å²) in [5.41, 5.74) is 2.54. The predicted octanol–water partition coefficient (Wildman–Crippen LogP) is 3.66. The Morgan fingerprint density at radius 3 is 2.94 bits per heavy atom. The number of carbonyl (C=O) groups excluding carboxylic acids is 1. The van der Waals surface area contributed by atoms with Crippen LogP contribution in [0.15, 0.2) is 42.7 Å². The molecule has 0 atom stereocenters. The molecule has 0 fully saturated rings. The molecule has 3 N–H and O–H groups in total. The van der Waals surface area contributed by atoms with E-state index in [0.29, 0.717) is 65.3 Å². The van der Waals surface area contributed by atoms with Crippen LogP contribution < -0.4 is 15.4 Å². The van der Waals surface area contributed by atoms with Crippen molar-refractivity contribution in [2.75, 3.05) is 50.5 Å². The van der Waals surface area contributed by atoms with Gasteiger partial charge in [0.15, 0.2) is 11.6 Å². The quantitative estimate of drug-likeness (QED) is 0.447. The minimum Gasteiger partial charge on any atom is -0.487 e. The van der Waals surface area contributed by atoms with Crippen molar-refractivity contribution >= 4 is 29.0 Å². The molecule has 2 aromatic heterocycles. The van der Waals surface area contributed by atoms with Crippen molar-refractivity contribution in [3.63, 3.8) is 0 Å². The third kappa shape index (κ3) is 5.61. The maximum absolute atomic E-state index is 14.6. The first-order valence-electron chi connectivity index (χ1n) is 10.9. The van der Waals surface area contributed by atoms with E-state index >= 15 is 0 Å². The average Bonchev–Trinajstić information content (AvgIpc) is 2.84. The molecule has 0 unspecified atom stereocenters. The van der Waals surface area contributed by atoms with Gasteiger partial charge in [-0.25, -0.2) is 9.37 Å². The molecule has 178 valence electrons. The molecule has 0 radical (unpaired) electrons. The topological polar surface area (TPSA) is 99.6 Å². The number of aromatic nitrogens is 2. The molecular weight excluding hydrogens is 461 g/mol. The van der Waals surface area contributed by atoms with Crippen LogP contribution >= 0.6 is 11.6 Å². The summed E-state index contributed by atoms with van der Waals surface area (Å²) in [4.78, 5) is 23.1. The number of aliphatic hydroxyl groups is 1. The molecule has 0 bridgehead atoms. The summed E-state index contributed by atoms with van der Waals surface area (Å²) in [5.74, 6) is 0.428. The second-order valence-electron chi connectivity index (χ2n) is 7.92. The minimum absolute atomic E-state index is 0.0400. The second kappa shape index (κ2) is 10.8. The summed E-state index contributed by atoms with van der Waals surface area (Å²) in [5, 5.41) is 15.4. The van der Waals surface area contributed by atoms with E-state index in [1.807, 2.05) is 11.9 Å². The number of rotatable bonds is 8. The molecule has 34 heavy (non-hydrogen) atoms. The Morgan fingerprint density at radius 1 is 1.26 bits per heavy atom. The molecule has 4 rings (SSSR count). The summed E-state index contributed by atoms with van der Waals surface area (Å²) < 4.78 is 20.5. The number of halogens is 2. The lowest BCUT2D eigenvalue weighted by Crippen LogP contribution is -2.26. The Bertz CT molecular complexity index is 1190. The number of pyridine rings is 2. The van der Waals surface area contributed by atoms with Gasteiger partial charge in [0, 0.05) is 47.4 Å². The van der Waals surface area contributed by atoms with Crippen LogP contribution in [0.25, 0.3) is 22.4 Å². The van der Waals surface area contributed by atoms with Crippen molar-refractivity contribution in [3.05, 3.63) is 53.6 Å². The van der Waals surface area contributed by atoms with Crippen LogP contribution in [-0.4, -0.2) is 65.8 Å². The van der Waals surface area contributed by atoms with E-state index < -0.39 is 5.82 Å². The SMILES string of the molecule is CN(CCO)CCC(=O)Nc1cncc(-c2cc(-c3cc(Cl)ccc3F)nc3c2OCCN3)c1. The number of fused-ring (bicyclic) bond motifs is 1. The van der Waals surface area contributed by atoms with Gasteiger partial charge in [-0.05, 0) is 37.4 Å². The van der Waals surface area contributed by atoms with Crippen LogP contribution in [0.3, 0.4) is 0 Å². The third-order valence-corrected chi connectivity index (χ3v) is 5.59. The molecule has 1 amide bonds. The predicted molar refractivity (Wildman–Crippen MR) is 130 cm³/mol. The second-order valence-corrected chi connectivity index (χ2v) is 8.36. The van der Waals surface area contributed by atoms with Gasteiger partial charge >= 0.3 is 0 Å². The number of anilines is 2. The number of carbonyl (C=O) groups is 1. The molecule has 0 aliphatic carbocycles. The van der Waals surface area contributed by atoms with Crippen molar-refractivity contribution in [2.24, 2.45) is 0 Å². The van der Waals surface area contributed by atoms with Crippen LogP contribution in [-0.2, 0) is 4.79 Å². The molecule has 10 heteroatoms. The van der Waals surface area contributed by atoms with Gasteiger partial charge in [0.25, 0.3) is 0 Å². The third-order valence-electron chi connectivity index (χ3n) is 5.35. The fourth-order valence-electron chi connectivity index (χ4n) is 3.62. The van der Waals surface area contributed by atoms with Crippen molar-refractivity contribution in [1.29, 1.82) is 0 Å². The van der Waals surface area contributed by atoms with E-state index in [1.165, 1.54) is 18.2 Å². The summed E-state index contributed by atoms with van der Waals surface area (Å²) in [6, 6.07) is 7.83. The molecule has 8 nitrogen and oxygen atoms in total. The Labute approximate surface area is 201 Å². The van der Waals surface area contributed by atoms with Crippen LogP contribution in [0.5, 0.6) is 5.75 Å². The lowest BCUT2D eigenvalue weighted by Gasteiger charge is -2.22. The van der Waals surface area contributed by atoms with Gasteiger partial charge < -0.3 is 25.4 Å². The van der Waals surface area contributed by atoms with E-state index in [4.69, 9.17) is 21.4 Å². The van der Waals surface area contributed by atoms with Gasteiger partial charge in [-0.1, -0.05) is 11.6 Å². The summed E-state index contributed by atoms with van der Waals surface area (Å²) in [6.45, 7) is 2.09. The minimum atomic E-state index is -0.440. The number of ether oxygens (including phenoxy) is 1. The molecule has 3 aromatic rings. The fourth-order valence-corrected chi connectivity index (χ4v) is 3.79. The van der Waals surface area contributed by atoms with E-state index in [-0.39, 0.29) is 24.5 Å². The largest absolute Gasteiger partial charge is 0.487 e. The number of nitrogens with zero attached hydrogens (tertiary/aromatic N) is 3. The smallest absolute Gasteiger partial charge is 0.225 e. The first-order valence-corrected chi connectivity index (χ1v) is 11.2. The van der Waals surface area contributed by atoms with Gasteiger partial charge in [-0.3, -0.25) is 9.78 Å². The molecular formula is C24H25ClFN5O3. The Balaban J connectivity index is 1.65. The summed E-state index contributed by atoms with van der Waals surface area (Å²) in [7, 11) is 1.84. The Kier molecular flexibility index (Phi) is 7.56. The summed E-state index contributed by atoms with van der Waals surface area (Å²) >= 11 is 6.10. The number of hydrogen-bond donors (Lipinski definition) is 3. The molecule has 3 heterocycles. The maximum Gasteiger partial charge on any atom is 0.225 e. The van der Waals surface area contributed by atoms with Crippen LogP contribution in [0.1, 0.15) is 6.42 Å². The molecule has 1 aromatic carbocycles. The van der Waals surface area contributed by atoms with Crippen LogP contribution in [0, 0.1) is 5.82 Å². The normalized spacial score (nSPS) is 12.6. The van der Waals surface area contributed by atoms with Gasteiger partial charge in [0.2, 0.25) is 5.91 Å². The average molecular weight is 486 g/mol. The standard InChI is InChI=1S/C24H25ClFN5O3/c1-31(7-8-32)6-4-22(33)29-17-10-15(13-27-14-17)18-12-21(19-11-16(25)2-3-20(19)26)30-24-23(18)34-9-5-28-24/h2-3,10-14,32H,4-9H2,1H3,(H,28,30)(H,29,33).